The number of aliphatic imine (C=N–C) groups is 1. The predicted octanol–water partition coefficient (Wildman–Crippen LogP) is 3.43. The Labute approximate surface area is 182 Å². The zero-order valence-electron chi connectivity index (χ0n) is 17.4. The van der Waals surface area contributed by atoms with Crippen LogP contribution in [0.1, 0.15) is 23.9 Å². The highest BCUT2D eigenvalue weighted by atomic mass is 32.2. The van der Waals surface area contributed by atoms with Crippen molar-refractivity contribution in [1.82, 2.24) is 15.6 Å². The van der Waals surface area contributed by atoms with Crippen LogP contribution in [-0.2, 0) is 22.7 Å². The second-order valence-electron chi connectivity index (χ2n) is 7.03. The lowest BCUT2D eigenvalue weighted by atomic mass is 10.1. The molecule has 30 heavy (non-hydrogen) atoms. The molecule has 3 aromatic rings. The summed E-state index contributed by atoms with van der Waals surface area (Å²) in [5.41, 5.74) is 2.15. The van der Waals surface area contributed by atoms with Gasteiger partial charge in [-0.1, -0.05) is 24.3 Å². The Kier molecular flexibility index (Phi) is 7.81. The maximum Gasteiger partial charge on any atom is 0.191 e. The number of aromatic nitrogens is 1. The molecule has 0 unspecified atom stereocenters. The number of para-hydroxylation sites is 1. The van der Waals surface area contributed by atoms with Gasteiger partial charge in [0.25, 0.3) is 0 Å². The van der Waals surface area contributed by atoms with E-state index in [9.17, 15) is 8.42 Å². The van der Waals surface area contributed by atoms with E-state index in [-0.39, 0.29) is 0 Å². The zero-order valence-corrected chi connectivity index (χ0v) is 19.0. The molecule has 3 rings (SSSR count). The fourth-order valence-electron chi connectivity index (χ4n) is 3.02. The largest absolute Gasteiger partial charge is 0.357 e. The molecule has 0 aliphatic rings. The molecule has 0 fully saturated rings. The van der Waals surface area contributed by atoms with E-state index in [0.717, 1.165) is 60.9 Å². The van der Waals surface area contributed by atoms with Gasteiger partial charge in [0.15, 0.2) is 15.8 Å². The molecule has 160 valence electrons. The fraction of sp³-hybridized carbons (Fsp3) is 0.364. The zero-order chi connectivity index (χ0) is 21.4. The van der Waals surface area contributed by atoms with E-state index in [1.54, 1.807) is 23.5 Å². The van der Waals surface area contributed by atoms with Gasteiger partial charge >= 0.3 is 0 Å². The summed E-state index contributed by atoms with van der Waals surface area (Å²) in [6.07, 6.45) is 3.89. The molecular formula is C22H28N4O2S2. The van der Waals surface area contributed by atoms with Crippen LogP contribution in [0, 0.1) is 0 Å². The van der Waals surface area contributed by atoms with Crippen molar-refractivity contribution in [3.63, 3.8) is 0 Å². The molecule has 1 heterocycles. The summed E-state index contributed by atoms with van der Waals surface area (Å²) in [6.45, 7) is 4.30. The van der Waals surface area contributed by atoms with E-state index in [1.165, 1.54) is 11.0 Å². The number of nitrogens with zero attached hydrogens (tertiary/aromatic N) is 2. The van der Waals surface area contributed by atoms with Gasteiger partial charge in [0.2, 0.25) is 0 Å². The first-order chi connectivity index (χ1) is 14.5. The Balaban J connectivity index is 1.45. The number of nitrogens with one attached hydrogen (secondary N) is 2. The minimum Gasteiger partial charge on any atom is -0.357 e. The molecule has 0 saturated heterocycles. The quantitative estimate of drug-likeness (QED) is 0.300. The van der Waals surface area contributed by atoms with Gasteiger partial charge in [-0.15, -0.1) is 11.3 Å². The lowest BCUT2D eigenvalue weighted by Crippen LogP contribution is -2.38. The van der Waals surface area contributed by atoms with E-state index in [2.05, 4.69) is 32.7 Å². The van der Waals surface area contributed by atoms with Crippen LogP contribution >= 0.6 is 11.3 Å². The van der Waals surface area contributed by atoms with E-state index in [0.29, 0.717) is 4.90 Å². The normalized spacial score (nSPS) is 12.3. The average Bonchev–Trinajstić information content (AvgIpc) is 3.14. The molecular weight excluding hydrogens is 416 g/mol. The van der Waals surface area contributed by atoms with Crippen LogP contribution in [0.3, 0.4) is 0 Å². The summed E-state index contributed by atoms with van der Waals surface area (Å²) in [4.78, 5) is 9.67. The second kappa shape index (κ2) is 10.5. The van der Waals surface area contributed by atoms with Crippen molar-refractivity contribution in [3.05, 3.63) is 59.1 Å². The minimum absolute atomic E-state index is 0.349. The van der Waals surface area contributed by atoms with Crippen LogP contribution in [0.15, 0.2) is 58.4 Å². The third-order valence-electron chi connectivity index (χ3n) is 4.56. The molecule has 0 aliphatic carbocycles. The maximum absolute atomic E-state index is 11.5. The number of hydrogen-bond donors (Lipinski definition) is 2. The Morgan fingerprint density at radius 2 is 1.83 bits per heavy atom. The number of thiazole rings is 1. The summed E-state index contributed by atoms with van der Waals surface area (Å²) in [7, 11) is -3.15. The SMILES string of the molecule is CCNC(=NCCCc1nc2ccccc2s1)NCCc1ccc(S(C)(=O)=O)cc1. The lowest BCUT2D eigenvalue weighted by Gasteiger charge is -2.11. The first-order valence-electron chi connectivity index (χ1n) is 10.1. The van der Waals surface area contributed by atoms with Crippen molar-refractivity contribution >= 4 is 37.4 Å². The van der Waals surface area contributed by atoms with E-state index in [1.807, 2.05) is 31.2 Å². The summed E-state index contributed by atoms with van der Waals surface area (Å²) in [5, 5.41) is 7.76. The van der Waals surface area contributed by atoms with E-state index < -0.39 is 9.84 Å². The Morgan fingerprint density at radius 3 is 2.53 bits per heavy atom. The van der Waals surface area contributed by atoms with Crippen molar-refractivity contribution in [2.75, 3.05) is 25.9 Å². The summed E-state index contributed by atoms with van der Waals surface area (Å²) in [6, 6.07) is 15.3. The molecule has 0 amide bonds. The number of sulfone groups is 1. The van der Waals surface area contributed by atoms with Crippen LogP contribution < -0.4 is 10.6 Å². The third kappa shape index (κ3) is 6.53. The van der Waals surface area contributed by atoms with Gasteiger partial charge in [-0.05, 0) is 49.6 Å². The molecule has 2 aromatic carbocycles. The van der Waals surface area contributed by atoms with Crippen LogP contribution in [0.25, 0.3) is 10.2 Å². The van der Waals surface area contributed by atoms with Crippen molar-refractivity contribution in [1.29, 1.82) is 0 Å². The number of benzene rings is 2. The summed E-state index contributed by atoms with van der Waals surface area (Å²) in [5.74, 6) is 0.801. The van der Waals surface area contributed by atoms with Gasteiger partial charge < -0.3 is 10.6 Å². The van der Waals surface area contributed by atoms with Gasteiger partial charge in [0.05, 0.1) is 20.1 Å². The van der Waals surface area contributed by atoms with Crippen LogP contribution in [0.4, 0.5) is 0 Å². The molecule has 0 bridgehead atoms. The Morgan fingerprint density at radius 1 is 1.07 bits per heavy atom. The summed E-state index contributed by atoms with van der Waals surface area (Å²) >= 11 is 1.75. The van der Waals surface area contributed by atoms with Gasteiger partial charge in [0.1, 0.15) is 0 Å². The van der Waals surface area contributed by atoms with Gasteiger partial charge in [-0.25, -0.2) is 13.4 Å². The highest BCUT2D eigenvalue weighted by Crippen LogP contribution is 2.22. The Hall–Kier alpha value is -2.45. The second-order valence-corrected chi connectivity index (χ2v) is 10.2. The van der Waals surface area contributed by atoms with Crippen LogP contribution in [0.5, 0.6) is 0 Å². The maximum atomic E-state index is 11.5. The lowest BCUT2D eigenvalue weighted by molar-refractivity contribution is 0.602. The number of rotatable bonds is 9. The standard InChI is InChI=1S/C22H28N4O2S2/c1-3-23-22(25-16-14-17-10-12-18(13-11-17)30(2,27)28)24-15-6-9-21-26-19-7-4-5-8-20(19)29-21/h4-5,7-8,10-13H,3,6,9,14-16H2,1-2H3,(H2,23,24,25). The van der Waals surface area contributed by atoms with Crippen LogP contribution in [0.2, 0.25) is 0 Å². The monoisotopic (exact) mass is 444 g/mol. The number of fused-ring (bicyclic) bond motifs is 1. The molecule has 0 aliphatic heterocycles. The molecule has 6 nitrogen and oxygen atoms in total. The van der Waals surface area contributed by atoms with Crippen LogP contribution in [-0.4, -0.2) is 45.3 Å². The highest BCUT2D eigenvalue weighted by molar-refractivity contribution is 7.90. The number of hydrogen-bond acceptors (Lipinski definition) is 5. The number of guanidine groups is 1. The van der Waals surface area contributed by atoms with Crippen molar-refractivity contribution in [2.24, 2.45) is 4.99 Å². The number of aryl methyl sites for hydroxylation is 1. The fourth-order valence-corrected chi connectivity index (χ4v) is 4.66. The van der Waals surface area contributed by atoms with Crippen molar-refractivity contribution in [2.45, 2.75) is 31.1 Å². The molecule has 0 saturated carbocycles. The van der Waals surface area contributed by atoms with E-state index >= 15 is 0 Å². The summed E-state index contributed by atoms with van der Waals surface area (Å²) < 4.78 is 24.3. The van der Waals surface area contributed by atoms with E-state index in [4.69, 9.17) is 0 Å². The minimum atomic E-state index is -3.15. The molecule has 2 N–H and O–H groups in total. The topological polar surface area (TPSA) is 83.4 Å². The average molecular weight is 445 g/mol. The van der Waals surface area contributed by atoms with Gasteiger partial charge in [-0.3, -0.25) is 4.99 Å². The Bertz CT molecular complexity index is 1060. The molecule has 0 radical (unpaired) electrons. The van der Waals surface area contributed by atoms with Crippen molar-refractivity contribution in [3.8, 4) is 0 Å². The third-order valence-corrected chi connectivity index (χ3v) is 6.78. The van der Waals surface area contributed by atoms with Gasteiger partial charge in [0, 0.05) is 32.3 Å². The smallest absolute Gasteiger partial charge is 0.191 e. The highest BCUT2D eigenvalue weighted by Gasteiger charge is 2.06. The predicted molar refractivity (Wildman–Crippen MR) is 125 cm³/mol. The molecule has 0 atom stereocenters. The first-order valence-corrected chi connectivity index (χ1v) is 12.8. The van der Waals surface area contributed by atoms with Crippen molar-refractivity contribution < 1.29 is 8.42 Å². The molecule has 1 aromatic heterocycles. The molecule has 8 heteroatoms. The van der Waals surface area contributed by atoms with Gasteiger partial charge in [-0.2, -0.15) is 0 Å². The first kappa shape index (κ1) is 22.2. The molecule has 0 spiro atoms.